The molecule has 0 bridgehead atoms. The minimum absolute atomic E-state index is 0.0820. The zero-order chi connectivity index (χ0) is 20.4. The summed E-state index contributed by atoms with van der Waals surface area (Å²) in [5.74, 6) is -0.477. The number of carbonyl (C=O) groups is 1. The molecule has 2 aromatic rings. The molecule has 0 aliphatic carbocycles. The van der Waals surface area contributed by atoms with E-state index in [0.717, 1.165) is 19.3 Å². The summed E-state index contributed by atoms with van der Waals surface area (Å²) in [6.07, 6.45) is 2.98. The van der Waals surface area contributed by atoms with Crippen molar-refractivity contribution in [2.24, 2.45) is 0 Å². The molecule has 1 atom stereocenters. The lowest BCUT2D eigenvalue weighted by atomic mass is 10.0. The molecule has 28 heavy (non-hydrogen) atoms. The van der Waals surface area contributed by atoms with Gasteiger partial charge in [-0.3, -0.25) is 14.9 Å². The molecule has 0 spiro atoms. The number of carbonyl (C=O) groups excluding carboxylic acids is 1. The van der Waals surface area contributed by atoms with Gasteiger partial charge in [0.05, 0.1) is 26.2 Å². The molecule has 0 unspecified atom stereocenters. The van der Waals surface area contributed by atoms with Crippen molar-refractivity contribution in [1.82, 2.24) is 0 Å². The normalized spacial score (nSPS) is 16.7. The van der Waals surface area contributed by atoms with Crippen LogP contribution in [0.4, 0.5) is 17.1 Å². The SMILES string of the molecule is C[C@@H]1CCCCN1c1cc(NC(=O)c2ccc(Cl)cc2Cl)c(Cl)cc1[N+](=O)[O-]. The Balaban J connectivity index is 1.98. The van der Waals surface area contributed by atoms with Crippen LogP contribution in [0.5, 0.6) is 0 Å². The maximum Gasteiger partial charge on any atom is 0.294 e. The highest BCUT2D eigenvalue weighted by molar-refractivity contribution is 6.38. The molecule has 1 heterocycles. The molecule has 0 saturated carbocycles. The Hall–Kier alpha value is -2.02. The summed E-state index contributed by atoms with van der Waals surface area (Å²) < 4.78 is 0. The second-order valence-electron chi connectivity index (χ2n) is 6.69. The molecule has 1 aliphatic rings. The number of hydrogen-bond donors (Lipinski definition) is 1. The van der Waals surface area contributed by atoms with Crippen LogP contribution in [0, 0.1) is 10.1 Å². The zero-order valence-corrected chi connectivity index (χ0v) is 17.3. The number of nitro benzene ring substituents is 1. The highest BCUT2D eigenvalue weighted by atomic mass is 35.5. The molecule has 148 valence electrons. The molecule has 0 radical (unpaired) electrons. The minimum atomic E-state index is -0.477. The van der Waals surface area contributed by atoms with Crippen LogP contribution in [-0.2, 0) is 0 Å². The lowest BCUT2D eigenvalue weighted by Crippen LogP contribution is -2.37. The van der Waals surface area contributed by atoms with E-state index in [9.17, 15) is 14.9 Å². The number of rotatable bonds is 4. The smallest absolute Gasteiger partial charge is 0.294 e. The largest absolute Gasteiger partial charge is 0.363 e. The highest BCUT2D eigenvalue weighted by Gasteiger charge is 2.27. The third-order valence-corrected chi connectivity index (χ3v) is 5.66. The maximum atomic E-state index is 12.6. The van der Waals surface area contributed by atoms with Crippen molar-refractivity contribution in [3.63, 3.8) is 0 Å². The molecule has 1 fully saturated rings. The van der Waals surface area contributed by atoms with Gasteiger partial charge in [0, 0.05) is 23.7 Å². The molecule has 1 aliphatic heterocycles. The van der Waals surface area contributed by atoms with Gasteiger partial charge in [0.2, 0.25) is 0 Å². The first kappa shape index (κ1) is 20.7. The van der Waals surface area contributed by atoms with Crippen LogP contribution < -0.4 is 10.2 Å². The Labute approximate surface area is 177 Å². The Morgan fingerprint density at radius 2 is 1.93 bits per heavy atom. The second kappa shape index (κ2) is 8.55. The number of amides is 1. The summed E-state index contributed by atoms with van der Waals surface area (Å²) in [6.45, 7) is 2.74. The molecule has 9 heteroatoms. The molecular weight excluding hydrogens is 425 g/mol. The predicted octanol–water partition coefficient (Wildman–Crippen LogP) is 6.19. The van der Waals surface area contributed by atoms with E-state index in [2.05, 4.69) is 5.32 Å². The van der Waals surface area contributed by atoms with Crippen LogP contribution in [0.3, 0.4) is 0 Å². The van der Waals surface area contributed by atoms with Gasteiger partial charge in [0.1, 0.15) is 5.69 Å². The lowest BCUT2D eigenvalue weighted by Gasteiger charge is -2.35. The van der Waals surface area contributed by atoms with Crippen LogP contribution in [0.1, 0.15) is 36.5 Å². The summed E-state index contributed by atoms with van der Waals surface area (Å²) in [5, 5.41) is 15.0. The standard InChI is InChI=1S/C19H18Cl3N3O3/c1-11-4-2-3-7-24(11)17-10-16(15(22)9-18(17)25(27)28)23-19(26)13-6-5-12(20)8-14(13)21/h5-6,8-11H,2-4,7H2,1H3,(H,23,26)/t11-/m1/s1. The molecule has 0 aromatic heterocycles. The Morgan fingerprint density at radius 3 is 2.57 bits per heavy atom. The van der Waals surface area contributed by atoms with Crippen LogP contribution in [0.2, 0.25) is 15.1 Å². The van der Waals surface area contributed by atoms with E-state index < -0.39 is 10.8 Å². The number of benzene rings is 2. The van der Waals surface area contributed by atoms with Gasteiger partial charge in [0.15, 0.2) is 0 Å². The minimum Gasteiger partial charge on any atom is -0.363 e. The van der Waals surface area contributed by atoms with Gasteiger partial charge in [-0.05, 0) is 50.5 Å². The first-order valence-corrected chi connectivity index (χ1v) is 9.92. The third-order valence-electron chi connectivity index (χ3n) is 4.80. The summed E-state index contributed by atoms with van der Waals surface area (Å²) in [7, 11) is 0. The summed E-state index contributed by atoms with van der Waals surface area (Å²) in [5.41, 5.74) is 0.879. The maximum absolute atomic E-state index is 12.6. The molecular formula is C19H18Cl3N3O3. The van der Waals surface area contributed by atoms with E-state index >= 15 is 0 Å². The molecule has 2 aromatic carbocycles. The zero-order valence-electron chi connectivity index (χ0n) is 15.0. The summed E-state index contributed by atoms with van der Waals surface area (Å²) in [6, 6.07) is 7.52. The predicted molar refractivity (Wildman–Crippen MR) is 113 cm³/mol. The number of piperidine rings is 1. The summed E-state index contributed by atoms with van der Waals surface area (Å²) >= 11 is 18.2. The van der Waals surface area contributed by atoms with E-state index in [0.29, 0.717) is 17.3 Å². The molecule has 1 amide bonds. The van der Waals surface area contributed by atoms with E-state index in [4.69, 9.17) is 34.8 Å². The fourth-order valence-electron chi connectivity index (χ4n) is 3.34. The lowest BCUT2D eigenvalue weighted by molar-refractivity contribution is -0.384. The van der Waals surface area contributed by atoms with Crippen molar-refractivity contribution in [3.05, 3.63) is 61.1 Å². The van der Waals surface area contributed by atoms with Gasteiger partial charge in [-0.1, -0.05) is 34.8 Å². The van der Waals surface area contributed by atoms with E-state index in [1.165, 1.54) is 18.2 Å². The van der Waals surface area contributed by atoms with Crippen LogP contribution in [0.25, 0.3) is 0 Å². The Morgan fingerprint density at radius 1 is 1.18 bits per heavy atom. The highest BCUT2D eigenvalue weighted by Crippen LogP contribution is 2.39. The third kappa shape index (κ3) is 4.35. The van der Waals surface area contributed by atoms with Crippen molar-refractivity contribution in [2.75, 3.05) is 16.8 Å². The van der Waals surface area contributed by atoms with Crippen LogP contribution in [-0.4, -0.2) is 23.4 Å². The van der Waals surface area contributed by atoms with Gasteiger partial charge in [-0.25, -0.2) is 0 Å². The Kier molecular flexibility index (Phi) is 6.33. The van der Waals surface area contributed by atoms with Gasteiger partial charge in [0.25, 0.3) is 11.6 Å². The molecule has 3 rings (SSSR count). The van der Waals surface area contributed by atoms with Crippen LogP contribution >= 0.6 is 34.8 Å². The van der Waals surface area contributed by atoms with E-state index in [1.54, 1.807) is 12.1 Å². The van der Waals surface area contributed by atoms with Crippen molar-refractivity contribution in [2.45, 2.75) is 32.2 Å². The number of nitrogens with zero attached hydrogens (tertiary/aromatic N) is 2. The van der Waals surface area contributed by atoms with Crippen molar-refractivity contribution in [1.29, 1.82) is 0 Å². The first-order chi connectivity index (χ1) is 13.3. The van der Waals surface area contributed by atoms with Gasteiger partial charge in [-0.15, -0.1) is 0 Å². The van der Waals surface area contributed by atoms with Crippen molar-refractivity contribution >= 4 is 57.8 Å². The fraction of sp³-hybridized carbons (Fsp3) is 0.316. The number of nitro groups is 1. The van der Waals surface area contributed by atoms with Gasteiger partial charge < -0.3 is 10.2 Å². The first-order valence-electron chi connectivity index (χ1n) is 8.79. The average Bonchev–Trinajstić information content (AvgIpc) is 2.63. The fourth-order valence-corrected chi connectivity index (χ4v) is 4.04. The number of hydrogen-bond acceptors (Lipinski definition) is 4. The van der Waals surface area contributed by atoms with Gasteiger partial charge >= 0.3 is 0 Å². The molecule has 6 nitrogen and oxygen atoms in total. The van der Waals surface area contributed by atoms with Gasteiger partial charge in [-0.2, -0.15) is 0 Å². The monoisotopic (exact) mass is 441 g/mol. The Bertz CT molecular complexity index is 936. The number of halogens is 3. The topological polar surface area (TPSA) is 75.5 Å². The van der Waals surface area contributed by atoms with E-state index in [1.807, 2.05) is 11.8 Å². The summed E-state index contributed by atoms with van der Waals surface area (Å²) in [4.78, 5) is 25.7. The second-order valence-corrected chi connectivity index (χ2v) is 7.95. The number of nitrogens with one attached hydrogen (secondary N) is 1. The van der Waals surface area contributed by atoms with Crippen molar-refractivity contribution in [3.8, 4) is 0 Å². The number of anilines is 2. The van der Waals surface area contributed by atoms with E-state index in [-0.39, 0.29) is 33.0 Å². The molecule has 1 N–H and O–H groups in total. The van der Waals surface area contributed by atoms with Crippen molar-refractivity contribution < 1.29 is 9.72 Å². The average molecular weight is 443 g/mol. The molecule has 1 saturated heterocycles. The quantitative estimate of drug-likeness (QED) is 0.453. The van der Waals surface area contributed by atoms with Crippen LogP contribution in [0.15, 0.2) is 30.3 Å².